The lowest BCUT2D eigenvalue weighted by atomic mass is 10.0. The van der Waals surface area contributed by atoms with Gasteiger partial charge in [0.25, 0.3) is 0 Å². The Kier molecular flexibility index (Phi) is 6.85. The second kappa shape index (κ2) is 9.75. The Bertz CT molecular complexity index is 879. The van der Waals surface area contributed by atoms with Crippen LogP contribution < -0.4 is 9.47 Å². The van der Waals surface area contributed by atoms with Crippen molar-refractivity contribution in [3.8, 4) is 22.6 Å². The van der Waals surface area contributed by atoms with Gasteiger partial charge in [0.05, 0.1) is 12.2 Å². The second-order valence-electron chi connectivity index (χ2n) is 6.69. The summed E-state index contributed by atoms with van der Waals surface area (Å²) in [5, 5.41) is 0. The van der Waals surface area contributed by atoms with Gasteiger partial charge in [-0.15, -0.1) is 0 Å². The molecular formula is C25H26O3. The first-order valence-corrected chi connectivity index (χ1v) is 9.84. The fraction of sp³-hybridized carbons (Fsp3) is 0.240. The Hall–Kier alpha value is -3.07. The van der Waals surface area contributed by atoms with Crippen molar-refractivity contribution in [1.29, 1.82) is 0 Å². The Morgan fingerprint density at radius 1 is 0.750 bits per heavy atom. The molecule has 3 nitrogen and oxygen atoms in total. The van der Waals surface area contributed by atoms with Crippen molar-refractivity contribution in [2.75, 3.05) is 6.61 Å². The molecule has 144 valence electrons. The fourth-order valence-corrected chi connectivity index (χ4v) is 2.84. The number of carbonyl (C=O) groups excluding carboxylic acids is 1. The van der Waals surface area contributed by atoms with Gasteiger partial charge in [-0.3, -0.25) is 0 Å². The molecule has 3 aromatic carbocycles. The number of carbonyl (C=O) groups is 1. The number of hydrogen-bond donors (Lipinski definition) is 0. The Balaban J connectivity index is 1.62. The standard InChI is InChI=1S/C25H26O3/c1-3-5-18-27-23-16-12-21(13-17-23)20-8-10-22(11-9-20)25(26)28-24-14-6-19(4-2)7-15-24/h6-17H,3-5,18H2,1-2H3. The molecule has 3 rings (SSSR count). The largest absolute Gasteiger partial charge is 0.494 e. The van der Waals surface area contributed by atoms with Crippen LogP contribution in [0.1, 0.15) is 42.6 Å². The van der Waals surface area contributed by atoms with Crippen molar-refractivity contribution >= 4 is 5.97 Å². The molecule has 0 aliphatic carbocycles. The van der Waals surface area contributed by atoms with Crippen LogP contribution in [0.2, 0.25) is 0 Å². The second-order valence-corrected chi connectivity index (χ2v) is 6.69. The molecule has 0 saturated carbocycles. The molecule has 3 heteroatoms. The van der Waals surface area contributed by atoms with E-state index in [1.54, 1.807) is 12.1 Å². The monoisotopic (exact) mass is 374 g/mol. The van der Waals surface area contributed by atoms with E-state index in [0.29, 0.717) is 11.3 Å². The average Bonchev–Trinajstić information content (AvgIpc) is 2.75. The Morgan fingerprint density at radius 2 is 1.32 bits per heavy atom. The summed E-state index contributed by atoms with van der Waals surface area (Å²) in [6.07, 6.45) is 3.14. The zero-order valence-corrected chi connectivity index (χ0v) is 16.5. The van der Waals surface area contributed by atoms with Crippen molar-refractivity contribution < 1.29 is 14.3 Å². The summed E-state index contributed by atoms with van der Waals surface area (Å²) in [5.74, 6) is 1.09. The van der Waals surface area contributed by atoms with Crippen molar-refractivity contribution in [2.24, 2.45) is 0 Å². The number of hydrogen-bond acceptors (Lipinski definition) is 3. The minimum atomic E-state index is -0.351. The summed E-state index contributed by atoms with van der Waals surface area (Å²) in [5.41, 5.74) is 3.87. The van der Waals surface area contributed by atoms with E-state index in [1.807, 2.05) is 60.7 Å². The zero-order valence-electron chi connectivity index (χ0n) is 16.5. The molecule has 0 saturated heterocycles. The van der Waals surface area contributed by atoms with Crippen molar-refractivity contribution in [1.82, 2.24) is 0 Å². The first-order chi connectivity index (χ1) is 13.7. The van der Waals surface area contributed by atoms with Gasteiger partial charge >= 0.3 is 5.97 Å². The molecule has 3 aromatic rings. The highest BCUT2D eigenvalue weighted by molar-refractivity contribution is 5.91. The maximum atomic E-state index is 12.3. The molecule has 0 amide bonds. The van der Waals surface area contributed by atoms with Gasteiger partial charge < -0.3 is 9.47 Å². The highest BCUT2D eigenvalue weighted by Gasteiger charge is 2.09. The molecule has 0 spiro atoms. The van der Waals surface area contributed by atoms with Crippen LogP contribution >= 0.6 is 0 Å². The van der Waals surface area contributed by atoms with Gasteiger partial charge in [0.15, 0.2) is 0 Å². The number of unbranched alkanes of at least 4 members (excludes halogenated alkanes) is 1. The normalized spacial score (nSPS) is 10.5. The lowest BCUT2D eigenvalue weighted by Crippen LogP contribution is -2.08. The third kappa shape index (κ3) is 5.23. The summed E-state index contributed by atoms with van der Waals surface area (Å²) < 4.78 is 11.2. The van der Waals surface area contributed by atoms with Crippen LogP contribution in [-0.2, 0) is 6.42 Å². The van der Waals surface area contributed by atoms with E-state index < -0.39 is 0 Å². The lowest BCUT2D eigenvalue weighted by molar-refractivity contribution is 0.0735. The van der Waals surface area contributed by atoms with E-state index in [9.17, 15) is 4.79 Å². The van der Waals surface area contributed by atoms with Crippen LogP contribution in [0.5, 0.6) is 11.5 Å². The van der Waals surface area contributed by atoms with Crippen LogP contribution in [0.4, 0.5) is 0 Å². The number of benzene rings is 3. The predicted molar refractivity (Wildman–Crippen MR) is 113 cm³/mol. The summed E-state index contributed by atoms with van der Waals surface area (Å²) in [6, 6.07) is 23.1. The first-order valence-electron chi connectivity index (χ1n) is 9.84. The molecule has 0 aliphatic rings. The zero-order chi connectivity index (χ0) is 19.8. The summed E-state index contributed by atoms with van der Waals surface area (Å²) in [6.45, 7) is 4.98. The van der Waals surface area contributed by atoms with Gasteiger partial charge in [-0.1, -0.05) is 56.7 Å². The number of esters is 1. The first kappa shape index (κ1) is 19.7. The van der Waals surface area contributed by atoms with E-state index in [4.69, 9.17) is 9.47 Å². The third-order valence-electron chi connectivity index (χ3n) is 4.62. The van der Waals surface area contributed by atoms with Gasteiger partial charge in [0.1, 0.15) is 11.5 Å². The number of aryl methyl sites for hydroxylation is 1. The molecule has 0 unspecified atom stereocenters. The molecule has 0 N–H and O–H groups in total. The molecule has 0 aromatic heterocycles. The van der Waals surface area contributed by atoms with Crippen molar-refractivity contribution in [2.45, 2.75) is 33.1 Å². The van der Waals surface area contributed by atoms with Gasteiger partial charge in [0.2, 0.25) is 0 Å². The fourth-order valence-electron chi connectivity index (χ4n) is 2.84. The van der Waals surface area contributed by atoms with Crippen LogP contribution in [0.3, 0.4) is 0 Å². The van der Waals surface area contributed by atoms with Crippen molar-refractivity contribution in [3.05, 3.63) is 83.9 Å². The van der Waals surface area contributed by atoms with Gasteiger partial charge in [-0.25, -0.2) is 4.79 Å². The smallest absolute Gasteiger partial charge is 0.343 e. The molecule has 0 atom stereocenters. The number of rotatable bonds is 8. The SMILES string of the molecule is CCCCOc1ccc(-c2ccc(C(=O)Oc3ccc(CC)cc3)cc2)cc1. The lowest BCUT2D eigenvalue weighted by Gasteiger charge is -2.08. The highest BCUT2D eigenvalue weighted by Crippen LogP contribution is 2.23. The molecule has 0 aliphatic heterocycles. The van der Waals surface area contributed by atoms with Gasteiger partial charge in [0, 0.05) is 0 Å². The highest BCUT2D eigenvalue weighted by atomic mass is 16.5. The van der Waals surface area contributed by atoms with Crippen LogP contribution in [-0.4, -0.2) is 12.6 Å². The molecule has 0 bridgehead atoms. The Labute approximate surface area is 166 Å². The topological polar surface area (TPSA) is 35.5 Å². The predicted octanol–water partition coefficient (Wildman–Crippen LogP) is 6.31. The van der Waals surface area contributed by atoms with Crippen LogP contribution in [0, 0.1) is 0 Å². The minimum absolute atomic E-state index is 0.351. The Morgan fingerprint density at radius 3 is 1.89 bits per heavy atom. The van der Waals surface area contributed by atoms with E-state index in [1.165, 1.54) is 5.56 Å². The number of ether oxygens (including phenoxy) is 2. The molecule has 0 radical (unpaired) electrons. The van der Waals surface area contributed by atoms with E-state index in [-0.39, 0.29) is 5.97 Å². The quantitative estimate of drug-likeness (QED) is 0.263. The average molecular weight is 374 g/mol. The van der Waals surface area contributed by atoms with E-state index >= 15 is 0 Å². The summed E-state index contributed by atoms with van der Waals surface area (Å²) >= 11 is 0. The summed E-state index contributed by atoms with van der Waals surface area (Å²) in [4.78, 5) is 12.3. The molecule has 0 fully saturated rings. The minimum Gasteiger partial charge on any atom is -0.494 e. The van der Waals surface area contributed by atoms with Gasteiger partial charge in [-0.05, 0) is 65.9 Å². The van der Waals surface area contributed by atoms with Crippen LogP contribution in [0.15, 0.2) is 72.8 Å². The maximum Gasteiger partial charge on any atom is 0.343 e. The molecule has 0 heterocycles. The third-order valence-corrected chi connectivity index (χ3v) is 4.62. The van der Waals surface area contributed by atoms with Crippen LogP contribution in [0.25, 0.3) is 11.1 Å². The maximum absolute atomic E-state index is 12.3. The van der Waals surface area contributed by atoms with Crippen molar-refractivity contribution in [3.63, 3.8) is 0 Å². The molecular weight excluding hydrogens is 348 g/mol. The molecule has 28 heavy (non-hydrogen) atoms. The summed E-state index contributed by atoms with van der Waals surface area (Å²) in [7, 11) is 0. The van der Waals surface area contributed by atoms with E-state index in [2.05, 4.69) is 13.8 Å². The van der Waals surface area contributed by atoms with E-state index in [0.717, 1.165) is 42.7 Å². The van der Waals surface area contributed by atoms with Gasteiger partial charge in [-0.2, -0.15) is 0 Å².